The first-order valence-corrected chi connectivity index (χ1v) is 4.88. The molecule has 0 rings (SSSR count). The average Bonchev–Trinajstić information content (AvgIpc) is 2.03. The summed E-state index contributed by atoms with van der Waals surface area (Å²) in [5.41, 5.74) is 0. The van der Waals surface area contributed by atoms with Crippen LogP contribution in [0, 0.1) is 0 Å². The smallest absolute Gasteiger partial charge is 0.0755 e. The third kappa shape index (κ3) is 9.92. The minimum Gasteiger partial charge on any atom is -0.346 e. The Balaban J connectivity index is 2.69. The minimum absolute atomic E-state index is 1.18. The molecule has 0 bridgehead atoms. The van der Waals surface area contributed by atoms with Crippen molar-refractivity contribution in [2.75, 3.05) is 26.7 Å². The van der Waals surface area contributed by atoms with E-state index in [1.165, 1.54) is 45.3 Å². The fraction of sp³-hybridized carbons (Fsp3) is 1.00. The predicted octanol–water partition coefficient (Wildman–Crippen LogP) is 0.350. The Kier molecular flexibility index (Phi) is 9.85. The Hall–Kier alpha value is -0.0800. The second-order valence-electron chi connectivity index (χ2n) is 3.00. The molecule has 0 saturated heterocycles. The lowest BCUT2D eigenvalue weighted by Gasteiger charge is -1.99. The number of unbranched alkanes of at least 4 members (excludes halogenated alkanes) is 3. The SMILES string of the molecule is CC[NH2+]CCCCCCNC. The fourth-order valence-electron chi connectivity index (χ4n) is 1.15. The maximum atomic E-state index is 3.16. The molecule has 0 aromatic heterocycles. The van der Waals surface area contributed by atoms with Crippen LogP contribution in [0.4, 0.5) is 0 Å². The molecular formula is C9H23N2+. The quantitative estimate of drug-likeness (QED) is 0.492. The second kappa shape index (κ2) is 9.92. The third-order valence-corrected chi connectivity index (χ3v) is 1.87. The molecule has 68 valence electrons. The molecule has 0 aromatic carbocycles. The topological polar surface area (TPSA) is 28.6 Å². The predicted molar refractivity (Wildman–Crippen MR) is 49.7 cm³/mol. The van der Waals surface area contributed by atoms with E-state index in [9.17, 15) is 0 Å². The van der Waals surface area contributed by atoms with Crippen LogP contribution < -0.4 is 10.6 Å². The molecule has 0 fully saturated rings. The van der Waals surface area contributed by atoms with Gasteiger partial charge in [-0.15, -0.1) is 0 Å². The summed E-state index contributed by atoms with van der Waals surface area (Å²) >= 11 is 0. The molecule has 0 radical (unpaired) electrons. The molecule has 0 spiro atoms. The van der Waals surface area contributed by atoms with Gasteiger partial charge in [-0.2, -0.15) is 0 Å². The van der Waals surface area contributed by atoms with Gasteiger partial charge >= 0.3 is 0 Å². The summed E-state index contributed by atoms with van der Waals surface area (Å²) in [6.45, 7) is 5.94. The van der Waals surface area contributed by atoms with E-state index in [2.05, 4.69) is 17.6 Å². The standard InChI is InChI=1S/C9H22N2/c1-3-11-9-7-5-4-6-8-10-2/h10-11H,3-9H2,1-2H3/p+1. The summed E-state index contributed by atoms with van der Waals surface area (Å²) in [6.07, 6.45) is 5.51. The zero-order chi connectivity index (χ0) is 8.36. The molecule has 0 heterocycles. The molecule has 2 nitrogen and oxygen atoms in total. The van der Waals surface area contributed by atoms with E-state index in [1.807, 2.05) is 7.05 Å². The molecule has 0 aliphatic heterocycles. The highest BCUT2D eigenvalue weighted by molar-refractivity contribution is 4.43. The van der Waals surface area contributed by atoms with E-state index < -0.39 is 0 Å². The summed E-state index contributed by atoms with van der Waals surface area (Å²) in [7, 11) is 2.02. The molecule has 2 heteroatoms. The van der Waals surface area contributed by atoms with Gasteiger partial charge in [0, 0.05) is 0 Å². The fourth-order valence-corrected chi connectivity index (χ4v) is 1.15. The zero-order valence-electron chi connectivity index (χ0n) is 8.03. The molecule has 0 unspecified atom stereocenters. The highest BCUT2D eigenvalue weighted by Gasteiger charge is 1.89. The van der Waals surface area contributed by atoms with Crippen molar-refractivity contribution < 1.29 is 5.32 Å². The van der Waals surface area contributed by atoms with E-state index in [-0.39, 0.29) is 0 Å². The van der Waals surface area contributed by atoms with Crippen LogP contribution in [-0.4, -0.2) is 26.7 Å². The van der Waals surface area contributed by atoms with Gasteiger partial charge in [-0.25, -0.2) is 0 Å². The summed E-state index contributed by atoms with van der Waals surface area (Å²) in [5.74, 6) is 0. The molecular weight excluding hydrogens is 136 g/mol. The van der Waals surface area contributed by atoms with Gasteiger partial charge in [-0.05, 0) is 39.8 Å². The average molecular weight is 159 g/mol. The van der Waals surface area contributed by atoms with Crippen LogP contribution in [-0.2, 0) is 0 Å². The van der Waals surface area contributed by atoms with Gasteiger partial charge in [0.05, 0.1) is 13.1 Å². The monoisotopic (exact) mass is 159 g/mol. The zero-order valence-corrected chi connectivity index (χ0v) is 8.03. The Morgan fingerprint density at radius 2 is 1.82 bits per heavy atom. The van der Waals surface area contributed by atoms with Crippen molar-refractivity contribution >= 4 is 0 Å². The van der Waals surface area contributed by atoms with Crippen molar-refractivity contribution in [2.24, 2.45) is 0 Å². The molecule has 11 heavy (non-hydrogen) atoms. The number of nitrogens with one attached hydrogen (secondary N) is 1. The van der Waals surface area contributed by atoms with Gasteiger partial charge in [0.15, 0.2) is 0 Å². The second-order valence-corrected chi connectivity index (χ2v) is 3.00. The van der Waals surface area contributed by atoms with Crippen LogP contribution in [0.25, 0.3) is 0 Å². The van der Waals surface area contributed by atoms with E-state index in [4.69, 9.17) is 0 Å². The summed E-state index contributed by atoms with van der Waals surface area (Å²) < 4.78 is 0. The maximum Gasteiger partial charge on any atom is 0.0755 e. The highest BCUT2D eigenvalue weighted by atomic mass is 14.8. The van der Waals surface area contributed by atoms with Crippen LogP contribution in [0.2, 0.25) is 0 Å². The van der Waals surface area contributed by atoms with E-state index >= 15 is 0 Å². The molecule has 0 atom stereocenters. The van der Waals surface area contributed by atoms with Crippen molar-refractivity contribution in [3.05, 3.63) is 0 Å². The first-order chi connectivity index (χ1) is 5.41. The van der Waals surface area contributed by atoms with Crippen molar-refractivity contribution in [2.45, 2.75) is 32.6 Å². The third-order valence-electron chi connectivity index (χ3n) is 1.87. The van der Waals surface area contributed by atoms with Crippen LogP contribution in [0.5, 0.6) is 0 Å². The molecule has 0 aromatic rings. The summed E-state index contributed by atoms with van der Waals surface area (Å²) in [4.78, 5) is 0. The van der Waals surface area contributed by atoms with Gasteiger partial charge in [0.25, 0.3) is 0 Å². The van der Waals surface area contributed by atoms with Crippen molar-refractivity contribution in [1.82, 2.24) is 5.32 Å². The van der Waals surface area contributed by atoms with E-state index in [0.717, 1.165) is 0 Å². The van der Waals surface area contributed by atoms with Gasteiger partial charge in [0.1, 0.15) is 0 Å². The summed E-state index contributed by atoms with van der Waals surface area (Å²) in [6, 6.07) is 0. The number of quaternary nitrogens is 1. The lowest BCUT2D eigenvalue weighted by Crippen LogP contribution is -2.83. The molecule has 0 aliphatic carbocycles. The normalized spacial score (nSPS) is 10.4. The first-order valence-electron chi connectivity index (χ1n) is 4.88. The van der Waals surface area contributed by atoms with E-state index in [0.29, 0.717) is 0 Å². The number of nitrogens with two attached hydrogens (primary N) is 1. The van der Waals surface area contributed by atoms with Crippen LogP contribution in [0.1, 0.15) is 32.6 Å². The summed E-state index contributed by atoms with van der Waals surface area (Å²) in [5, 5.41) is 5.54. The minimum atomic E-state index is 1.18. The molecule has 3 N–H and O–H groups in total. The molecule has 0 saturated carbocycles. The van der Waals surface area contributed by atoms with Gasteiger partial charge in [-0.3, -0.25) is 0 Å². The van der Waals surface area contributed by atoms with Gasteiger partial charge in [-0.1, -0.05) is 6.42 Å². The Morgan fingerprint density at radius 3 is 2.45 bits per heavy atom. The first kappa shape index (κ1) is 10.9. The Labute approximate surface area is 70.8 Å². The van der Waals surface area contributed by atoms with Crippen molar-refractivity contribution in [3.63, 3.8) is 0 Å². The van der Waals surface area contributed by atoms with Crippen molar-refractivity contribution in [1.29, 1.82) is 0 Å². The number of hydrogen-bond donors (Lipinski definition) is 2. The Morgan fingerprint density at radius 1 is 1.09 bits per heavy atom. The van der Waals surface area contributed by atoms with E-state index in [1.54, 1.807) is 0 Å². The lowest BCUT2D eigenvalue weighted by molar-refractivity contribution is -0.652. The largest absolute Gasteiger partial charge is 0.346 e. The number of rotatable bonds is 8. The van der Waals surface area contributed by atoms with Gasteiger partial charge < -0.3 is 10.6 Å². The van der Waals surface area contributed by atoms with Crippen LogP contribution in [0.3, 0.4) is 0 Å². The maximum absolute atomic E-state index is 3.16. The Bertz CT molecular complexity index is 56.6. The van der Waals surface area contributed by atoms with Crippen molar-refractivity contribution in [3.8, 4) is 0 Å². The van der Waals surface area contributed by atoms with Crippen LogP contribution in [0.15, 0.2) is 0 Å². The van der Waals surface area contributed by atoms with Crippen LogP contribution >= 0.6 is 0 Å². The lowest BCUT2D eigenvalue weighted by atomic mass is 10.2. The molecule has 0 aliphatic rings. The molecule has 0 amide bonds. The number of hydrogen-bond acceptors (Lipinski definition) is 1. The van der Waals surface area contributed by atoms with Gasteiger partial charge in [0.2, 0.25) is 0 Å². The highest BCUT2D eigenvalue weighted by Crippen LogP contribution is 1.95.